The van der Waals surface area contributed by atoms with E-state index in [2.05, 4.69) is 25.2 Å². The van der Waals surface area contributed by atoms with Crippen LogP contribution < -0.4 is 0 Å². The molecule has 0 saturated heterocycles. The Balaban J connectivity index is 2.68. The standard InChI is InChI=1S/C10H13Cl/c1-2-5-9-6-3-4-7-10(11)8-9/h3,6-8H,2,4-5H2,1H3. The van der Waals surface area contributed by atoms with Gasteiger partial charge in [0.1, 0.15) is 0 Å². The van der Waals surface area contributed by atoms with Crippen molar-refractivity contribution in [3.05, 3.63) is 34.9 Å². The number of hydrogen-bond donors (Lipinski definition) is 0. The summed E-state index contributed by atoms with van der Waals surface area (Å²) < 4.78 is 0. The van der Waals surface area contributed by atoms with Crippen LogP contribution in [0.25, 0.3) is 0 Å². The maximum atomic E-state index is 5.90. The summed E-state index contributed by atoms with van der Waals surface area (Å²) in [6.45, 7) is 2.18. The van der Waals surface area contributed by atoms with E-state index in [0.717, 1.165) is 17.9 Å². The van der Waals surface area contributed by atoms with Gasteiger partial charge in [-0.15, -0.1) is 0 Å². The van der Waals surface area contributed by atoms with E-state index in [4.69, 9.17) is 11.6 Å². The molecular formula is C10H13Cl. The molecule has 60 valence electrons. The van der Waals surface area contributed by atoms with Crippen LogP contribution in [0, 0.1) is 0 Å². The molecular weight excluding hydrogens is 156 g/mol. The lowest BCUT2D eigenvalue weighted by atomic mass is 10.1. The van der Waals surface area contributed by atoms with Crippen molar-refractivity contribution in [2.45, 2.75) is 26.2 Å². The quantitative estimate of drug-likeness (QED) is 0.589. The van der Waals surface area contributed by atoms with Gasteiger partial charge in [0.25, 0.3) is 0 Å². The molecule has 0 amide bonds. The molecule has 11 heavy (non-hydrogen) atoms. The lowest BCUT2D eigenvalue weighted by Gasteiger charge is -1.96. The first-order valence-corrected chi connectivity index (χ1v) is 4.43. The summed E-state index contributed by atoms with van der Waals surface area (Å²) in [6, 6.07) is 0. The van der Waals surface area contributed by atoms with Gasteiger partial charge in [0.05, 0.1) is 0 Å². The molecule has 0 spiro atoms. The molecule has 0 atom stereocenters. The zero-order valence-corrected chi connectivity index (χ0v) is 7.56. The fraction of sp³-hybridized carbons (Fsp3) is 0.400. The minimum absolute atomic E-state index is 0.874. The normalized spacial score (nSPS) is 17.3. The van der Waals surface area contributed by atoms with Gasteiger partial charge in [-0.25, -0.2) is 0 Å². The number of rotatable bonds is 2. The molecule has 1 heteroatoms. The fourth-order valence-corrected chi connectivity index (χ4v) is 1.36. The van der Waals surface area contributed by atoms with Crippen molar-refractivity contribution in [2.24, 2.45) is 0 Å². The summed E-state index contributed by atoms with van der Waals surface area (Å²) in [5.41, 5.74) is 1.34. The van der Waals surface area contributed by atoms with Crippen molar-refractivity contribution >= 4 is 11.6 Å². The van der Waals surface area contributed by atoms with Crippen LogP contribution in [0.3, 0.4) is 0 Å². The lowest BCUT2D eigenvalue weighted by Crippen LogP contribution is -1.76. The summed E-state index contributed by atoms with van der Waals surface area (Å²) >= 11 is 5.90. The molecule has 0 bridgehead atoms. The third kappa shape index (κ3) is 2.94. The topological polar surface area (TPSA) is 0 Å². The Labute approximate surface area is 73.3 Å². The van der Waals surface area contributed by atoms with Crippen LogP contribution in [0.4, 0.5) is 0 Å². The SMILES string of the molecule is CCCC1=CC(Cl)=CCC=C1. The van der Waals surface area contributed by atoms with E-state index in [9.17, 15) is 0 Å². The molecule has 1 aliphatic carbocycles. The van der Waals surface area contributed by atoms with Crippen LogP contribution in [-0.2, 0) is 0 Å². The van der Waals surface area contributed by atoms with Crippen molar-refractivity contribution in [3.8, 4) is 0 Å². The van der Waals surface area contributed by atoms with Gasteiger partial charge >= 0.3 is 0 Å². The first-order valence-electron chi connectivity index (χ1n) is 4.05. The highest BCUT2D eigenvalue weighted by Crippen LogP contribution is 2.17. The Morgan fingerprint density at radius 3 is 3.09 bits per heavy atom. The zero-order valence-electron chi connectivity index (χ0n) is 6.81. The van der Waals surface area contributed by atoms with E-state index in [1.165, 1.54) is 12.0 Å². The smallest absolute Gasteiger partial charge is 0.0371 e. The largest absolute Gasteiger partial charge is 0.0847 e. The average Bonchev–Trinajstić information content (AvgIpc) is 2.15. The molecule has 0 nitrogen and oxygen atoms in total. The van der Waals surface area contributed by atoms with Gasteiger partial charge in [-0.1, -0.05) is 43.2 Å². The fourth-order valence-electron chi connectivity index (χ4n) is 1.13. The van der Waals surface area contributed by atoms with Crippen LogP contribution in [0.2, 0.25) is 0 Å². The van der Waals surface area contributed by atoms with E-state index in [0.29, 0.717) is 0 Å². The van der Waals surface area contributed by atoms with E-state index >= 15 is 0 Å². The monoisotopic (exact) mass is 168 g/mol. The minimum atomic E-state index is 0.874. The third-order valence-corrected chi connectivity index (χ3v) is 1.91. The summed E-state index contributed by atoms with van der Waals surface area (Å²) in [4.78, 5) is 0. The van der Waals surface area contributed by atoms with E-state index in [-0.39, 0.29) is 0 Å². The summed E-state index contributed by atoms with van der Waals surface area (Å²) in [5.74, 6) is 0. The summed E-state index contributed by atoms with van der Waals surface area (Å²) in [6.07, 6.45) is 11.7. The molecule has 1 aliphatic rings. The maximum absolute atomic E-state index is 5.90. The van der Waals surface area contributed by atoms with Crippen molar-refractivity contribution in [3.63, 3.8) is 0 Å². The van der Waals surface area contributed by atoms with E-state index < -0.39 is 0 Å². The second-order valence-corrected chi connectivity index (χ2v) is 3.13. The molecule has 0 aromatic rings. The molecule has 0 N–H and O–H groups in total. The lowest BCUT2D eigenvalue weighted by molar-refractivity contribution is 0.926. The molecule has 0 radical (unpaired) electrons. The van der Waals surface area contributed by atoms with Gasteiger partial charge in [0.15, 0.2) is 0 Å². The molecule has 1 rings (SSSR count). The zero-order chi connectivity index (χ0) is 8.10. The highest BCUT2D eigenvalue weighted by Gasteiger charge is 1.95. The second kappa shape index (κ2) is 4.40. The molecule has 0 fully saturated rings. The third-order valence-electron chi connectivity index (χ3n) is 1.64. The highest BCUT2D eigenvalue weighted by atomic mass is 35.5. The Hall–Kier alpha value is -0.490. The van der Waals surface area contributed by atoms with Gasteiger partial charge in [-0.3, -0.25) is 0 Å². The second-order valence-electron chi connectivity index (χ2n) is 2.70. The number of halogens is 1. The maximum Gasteiger partial charge on any atom is 0.0371 e. The average molecular weight is 169 g/mol. The first-order chi connectivity index (χ1) is 5.33. The van der Waals surface area contributed by atoms with Crippen molar-refractivity contribution in [1.29, 1.82) is 0 Å². The van der Waals surface area contributed by atoms with Crippen LogP contribution in [0.5, 0.6) is 0 Å². The van der Waals surface area contributed by atoms with Crippen molar-refractivity contribution < 1.29 is 0 Å². The molecule has 0 aliphatic heterocycles. The van der Waals surface area contributed by atoms with E-state index in [1.54, 1.807) is 0 Å². The highest BCUT2D eigenvalue weighted by molar-refractivity contribution is 6.31. The first kappa shape index (κ1) is 8.61. The van der Waals surface area contributed by atoms with E-state index in [1.807, 2.05) is 6.08 Å². The molecule has 0 unspecified atom stereocenters. The predicted octanol–water partition coefficient (Wildman–Crippen LogP) is 3.80. The van der Waals surface area contributed by atoms with Crippen molar-refractivity contribution in [1.82, 2.24) is 0 Å². The van der Waals surface area contributed by atoms with Crippen molar-refractivity contribution in [2.75, 3.05) is 0 Å². The van der Waals surface area contributed by atoms with Crippen LogP contribution in [0.1, 0.15) is 26.2 Å². The number of allylic oxidation sites excluding steroid dienone is 6. The van der Waals surface area contributed by atoms with Gasteiger partial charge < -0.3 is 0 Å². The van der Waals surface area contributed by atoms with Gasteiger partial charge in [-0.2, -0.15) is 0 Å². The van der Waals surface area contributed by atoms with Crippen LogP contribution >= 0.6 is 11.6 Å². The molecule has 0 aromatic carbocycles. The Kier molecular flexibility index (Phi) is 3.44. The van der Waals surface area contributed by atoms with Crippen LogP contribution in [-0.4, -0.2) is 0 Å². The van der Waals surface area contributed by atoms with Gasteiger partial charge in [0, 0.05) is 5.03 Å². The summed E-state index contributed by atoms with van der Waals surface area (Å²) in [7, 11) is 0. The predicted molar refractivity (Wildman–Crippen MR) is 50.7 cm³/mol. The minimum Gasteiger partial charge on any atom is -0.0847 e. The molecule has 0 saturated carbocycles. The Morgan fingerprint density at radius 2 is 2.36 bits per heavy atom. The summed E-state index contributed by atoms with van der Waals surface area (Å²) in [5, 5.41) is 0.874. The Bertz CT molecular complexity index is 209. The molecule has 0 aromatic heterocycles. The Morgan fingerprint density at radius 1 is 1.55 bits per heavy atom. The van der Waals surface area contributed by atoms with Gasteiger partial charge in [-0.05, 0) is 24.5 Å². The molecule has 0 heterocycles. The van der Waals surface area contributed by atoms with Gasteiger partial charge in [0.2, 0.25) is 0 Å². The van der Waals surface area contributed by atoms with Crippen LogP contribution in [0.15, 0.2) is 34.9 Å². The number of hydrogen-bond acceptors (Lipinski definition) is 0.